The highest BCUT2D eigenvalue weighted by Gasteiger charge is 2.18. The van der Waals surface area contributed by atoms with Crippen LogP contribution in [0.3, 0.4) is 0 Å². The van der Waals surface area contributed by atoms with E-state index in [1.54, 1.807) is 28.4 Å². The normalized spacial score (nSPS) is 13.8. The predicted molar refractivity (Wildman–Crippen MR) is 138 cm³/mol. The number of aliphatic imine (C=N–C) groups is 1. The standard InChI is InChI=1S/C24H33N3O4.HI/c1-25-24(27-16-18-10-11-20(28-2)14-22(18)30-4)26-15-17-9-12-21(29-3)23(13-17)31-19-7-5-6-8-19;/h9-14,19H,5-8,15-16H2,1-4H3,(H2,25,26,27);1H. The SMILES string of the molecule is CN=C(NCc1ccc(OC)c(OC2CCCC2)c1)NCc1ccc(OC)cc1OC.I. The van der Waals surface area contributed by atoms with E-state index >= 15 is 0 Å². The molecule has 0 aliphatic heterocycles. The van der Waals surface area contributed by atoms with Gasteiger partial charge in [0, 0.05) is 31.8 Å². The Morgan fingerprint density at radius 1 is 0.875 bits per heavy atom. The average Bonchev–Trinajstić information content (AvgIpc) is 3.32. The molecule has 176 valence electrons. The van der Waals surface area contributed by atoms with E-state index in [4.69, 9.17) is 18.9 Å². The summed E-state index contributed by atoms with van der Waals surface area (Å²) >= 11 is 0. The number of rotatable bonds is 9. The zero-order valence-electron chi connectivity index (χ0n) is 19.3. The Labute approximate surface area is 207 Å². The third kappa shape index (κ3) is 7.08. The van der Waals surface area contributed by atoms with Crippen LogP contribution in [0.1, 0.15) is 36.8 Å². The zero-order valence-corrected chi connectivity index (χ0v) is 21.6. The molecule has 0 spiro atoms. The van der Waals surface area contributed by atoms with Gasteiger partial charge in [0.2, 0.25) is 0 Å². The molecule has 0 saturated heterocycles. The fourth-order valence-electron chi connectivity index (χ4n) is 3.69. The molecule has 2 N–H and O–H groups in total. The van der Waals surface area contributed by atoms with Crippen molar-refractivity contribution in [1.82, 2.24) is 10.6 Å². The van der Waals surface area contributed by atoms with Gasteiger partial charge in [0.25, 0.3) is 0 Å². The zero-order chi connectivity index (χ0) is 22.1. The van der Waals surface area contributed by atoms with Gasteiger partial charge in [0.1, 0.15) is 11.5 Å². The molecule has 1 aliphatic carbocycles. The van der Waals surface area contributed by atoms with Crippen LogP contribution in [0.2, 0.25) is 0 Å². The summed E-state index contributed by atoms with van der Waals surface area (Å²) in [6, 6.07) is 11.8. The molecule has 1 aliphatic rings. The molecule has 32 heavy (non-hydrogen) atoms. The monoisotopic (exact) mass is 555 g/mol. The van der Waals surface area contributed by atoms with Gasteiger partial charge < -0.3 is 29.6 Å². The van der Waals surface area contributed by atoms with E-state index in [-0.39, 0.29) is 30.1 Å². The lowest BCUT2D eigenvalue weighted by Crippen LogP contribution is -2.36. The Morgan fingerprint density at radius 2 is 1.59 bits per heavy atom. The first-order valence-corrected chi connectivity index (χ1v) is 10.7. The van der Waals surface area contributed by atoms with E-state index in [0.717, 1.165) is 47.0 Å². The molecule has 0 radical (unpaired) electrons. The molecule has 0 bridgehead atoms. The summed E-state index contributed by atoms with van der Waals surface area (Å²) in [5.41, 5.74) is 2.11. The molecular weight excluding hydrogens is 521 g/mol. The second-order valence-corrected chi connectivity index (χ2v) is 7.47. The Hall–Kier alpha value is -2.36. The third-order valence-electron chi connectivity index (χ3n) is 5.45. The van der Waals surface area contributed by atoms with Crippen LogP contribution in [0.5, 0.6) is 23.0 Å². The van der Waals surface area contributed by atoms with Gasteiger partial charge in [0.15, 0.2) is 17.5 Å². The summed E-state index contributed by atoms with van der Waals surface area (Å²) in [4.78, 5) is 4.32. The lowest BCUT2D eigenvalue weighted by atomic mass is 10.2. The number of hydrogen-bond acceptors (Lipinski definition) is 5. The van der Waals surface area contributed by atoms with Gasteiger partial charge in [0.05, 0.1) is 27.4 Å². The van der Waals surface area contributed by atoms with Crippen molar-refractivity contribution in [3.63, 3.8) is 0 Å². The molecule has 0 amide bonds. The highest BCUT2D eigenvalue weighted by molar-refractivity contribution is 14.0. The third-order valence-corrected chi connectivity index (χ3v) is 5.45. The van der Waals surface area contributed by atoms with Crippen molar-refractivity contribution in [2.24, 2.45) is 4.99 Å². The smallest absolute Gasteiger partial charge is 0.191 e. The minimum absolute atomic E-state index is 0. The molecule has 0 heterocycles. The Bertz CT molecular complexity index is 886. The number of ether oxygens (including phenoxy) is 4. The van der Waals surface area contributed by atoms with Crippen LogP contribution in [0.15, 0.2) is 41.4 Å². The molecule has 8 heteroatoms. The Morgan fingerprint density at radius 3 is 2.25 bits per heavy atom. The van der Waals surface area contributed by atoms with Crippen LogP contribution in [0.25, 0.3) is 0 Å². The van der Waals surface area contributed by atoms with Crippen LogP contribution >= 0.6 is 24.0 Å². The largest absolute Gasteiger partial charge is 0.497 e. The Balaban J connectivity index is 0.00000363. The van der Waals surface area contributed by atoms with Gasteiger partial charge in [-0.3, -0.25) is 4.99 Å². The fourth-order valence-corrected chi connectivity index (χ4v) is 3.69. The quantitative estimate of drug-likeness (QED) is 0.270. The van der Waals surface area contributed by atoms with E-state index in [9.17, 15) is 0 Å². The topological polar surface area (TPSA) is 73.3 Å². The number of methoxy groups -OCH3 is 3. The van der Waals surface area contributed by atoms with E-state index < -0.39 is 0 Å². The highest BCUT2D eigenvalue weighted by atomic mass is 127. The summed E-state index contributed by atoms with van der Waals surface area (Å²) in [6.45, 7) is 1.19. The lowest BCUT2D eigenvalue weighted by molar-refractivity contribution is 0.200. The summed E-state index contributed by atoms with van der Waals surface area (Å²) in [5.74, 6) is 3.81. The van der Waals surface area contributed by atoms with Crippen LogP contribution in [0, 0.1) is 0 Å². The summed E-state index contributed by atoms with van der Waals surface area (Å²) in [5, 5.41) is 6.68. The van der Waals surface area contributed by atoms with E-state index in [1.807, 2.05) is 36.4 Å². The second kappa shape index (κ2) is 13.2. The van der Waals surface area contributed by atoms with Crippen molar-refractivity contribution in [2.45, 2.75) is 44.9 Å². The molecular formula is C24H34IN3O4. The van der Waals surface area contributed by atoms with Crippen molar-refractivity contribution in [1.29, 1.82) is 0 Å². The number of hydrogen-bond donors (Lipinski definition) is 2. The van der Waals surface area contributed by atoms with Gasteiger partial charge in [-0.25, -0.2) is 0 Å². The molecule has 1 saturated carbocycles. The molecule has 2 aromatic carbocycles. The first-order chi connectivity index (χ1) is 15.2. The van der Waals surface area contributed by atoms with Gasteiger partial charge in [-0.05, 0) is 55.5 Å². The van der Waals surface area contributed by atoms with E-state index in [0.29, 0.717) is 19.0 Å². The molecule has 1 fully saturated rings. The number of halogens is 1. The van der Waals surface area contributed by atoms with Crippen LogP contribution in [-0.4, -0.2) is 40.4 Å². The molecule has 0 aromatic heterocycles. The van der Waals surface area contributed by atoms with Gasteiger partial charge in [-0.1, -0.05) is 6.07 Å². The van der Waals surface area contributed by atoms with Crippen molar-refractivity contribution in [3.8, 4) is 23.0 Å². The maximum atomic E-state index is 6.20. The molecule has 7 nitrogen and oxygen atoms in total. The van der Waals surface area contributed by atoms with Crippen molar-refractivity contribution in [3.05, 3.63) is 47.5 Å². The molecule has 3 rings (SSSR count). The maximum Gasteiger partial charge on any atom is 0.191 e. The van der Waals surface area contributed by atoms with Crippen LogP contribution < -0.4 is 29.6 Å². The van der Waals surface area contributed by atoms with E-state index in [2.05, 4.69) is 15.6 Å². The minimum atomic E-state index is 0. The lowest BCUT2D eigenvalue weighted by Gasteiger charge is -2.18. The van der Waals surface area contributed by atoms with Gasteiger partial charge >= 0.3 is 0 Å². The maximum absolute atomic E-state index is 6.20. The second-order valence-electron chi connectivity index (χ2n) is 7.47. The number of guanidine groups is 1. The number of nitrogens with zero attached hydrogens (tertiary/aromatic N) is 1. The van der Waals surface area contributed by atoms with Gasteiger partial charge in [-0.15, -0.1) is 24.0 Å². The van der Waals surface area contributed by atoms with Crippen molar-refractivity contribution < 1.29 is 18.9 Å². The van der Waals surface area contributed by atoms with Crippen LogP contribution in [0.4, 0.5) is 0 Å². The van der Waals surface area contributed by atoms with Crippen molar-refractivity contribution >= 4 is 29.9 Å². The van der Waals surface area contributed by atoms with Crippen LogP contribution in [-0.2, 0) is 13.1 Å². The average molecular weight is 555 g/mol. The minimum Gasteiger partial charge on any atom is -0.497 e. The summed E-state index contributed by atoms with van der Waals surface area (Å²) < 4.78 is 22.4. The predicted octanol–water partition coefficient (Wildman–Crippen LogP) is 4.52. The first kappa shape index (κ1) is 25.9. The molecule has 2 aromatic rings. The number of nitrogens with one attached hydrogen (secondary N) is 2. The summed E-state index contributed by atoms with van der Waals surface area (Å²) in [7, 11) is 6.72. The van der Waals surface area contributed by atoms with Gasteiger partial charge in [-0.2, -0.15) is 0 Å². The molecule has 0 unspecified atom stereocenters. The summed E-state index contributed by atoms with van der Waals surface area (Å²) in [6.07, 6.45) is 4.96. The van der Waals surface area contributed by atoms with E-state index in [1.165, 1.54) is 12.8 Å². The first-order valence-electron chi connectivity index (χ1n) is 10.7. The number of benzene rings is 2. The molecule has 0 atom stereocenters. The fraction of sp³-hybridized carbons (Fsp3) is 0.458. The van der Waals surface area contributed by atoms with Crippen molar-refractivity contribution in [2.75, 3.05) is 28.4 Å². The Kier molecular flexibility index (Phi) is 10.7. The highest BCUT2D eigenvalue weighted by Crippen LogP contribution is 2.32.